The average molecular weight is 255 g/mol. The normalized spacial score (nSPS) is 16.1. The number of methoxy groups -OCH3 is 1. The highest BCUT2D eigenvalue weighted by Gasteiger charge is 2.10. The van der Waals surface area contributed by atoms with Gasteiger partial charge in [-0.1, -0.05) is 11.6 Å². The molecule has 1 heterocycles. The fraction of sp³-hybridized carbons (Fsp3) is 0.538. The van der Waals surface area contributed by atoms with E-state index < -0.39 is 0 Å². The predicted octanol–water partition coefficient (Wildman–Crippen LogP) is 2.86. The highest BCUT2D eigenvalue weighted by molar-refractivity contribution is 6.30. The van der Waals surface area contributed by atoms with Gasteiger partial charge in [-0.05, 0) is 44.1 Å². The molecule has 1 aromatic rings. The second-order valence-corrected chi connectivity index (χ2v) is 4.76. The molecule has 1 aliphatic rings. The lowest BCUT2D eigenvalue weighted by Gasteiger charge is -2.16. The van der Waals surface area contributed by atoms with Crippen LogP contribution in [0.5, 0.6) is 5.75 Å². The van der Waals surface area contributed by atoms with E-state index in [2.05, 4.69) is 10.2 Å². The number of nitrogens with zero attached hydrogens (tertiary/aromatic N) is 1. The first-order chi connectivity index (χ1) is 8.29. The first-order valence-corrected chi connectivity index (χ1v) is 6.47. The molecule has 3 nitrogen and oxygen atoms in total. The van der Waals surface area contributed by atoms with Crippen molar-refractivity contribution < 1.29 is 4.74 Å². The summed E-state index contributed by atoms with van der Waals surface area (Å²) >= 11 is 5.97. The number of likely N-dealkylation sites (tertiary alicyclic amines) is 1. The quantitative estimate of drug-likeness (QED) is 0.875. The highest BCUT2D eigenvalue weighted by atomic mass is 35.5. The van der Waals surface area contributed by atoms with E-state index >= 15 is 0 Å². The summed E-state index contributed by atoms with van der Waals surface area (Å²) in [6.07, 6.45) is 2.67. The Hall–Kier alpha value is -0.930. The maximum Gasteiger partial charge on any atom is 0.142 e. The molecule has 4 heteroatoms. The van der Waals surface area contributed by atoms with Gasteiger partial charge < -0.3 is 15.0 Å². The molecule has 94 valence electrons. The van der Waals surface area contributed by atoms with Gasteiger partial charge in [0.15, 0.2) is 0 Å². The summed E-state index contributed by atoms with van der Waals surface area (Å²) in [6, 6.07) is 5.64. The number of anilines is 1. The number of nitrogens with one attached hydrogen (secondary N) is 1. The maximum absolute atomic E-state index is 5.97. The molecule has 1 N–H and O–H groups in total. The number of ether oxygens (including phenoxy) is 1. The van der Waals surface area contributed by atoms with Crippen LogP contribution in [0, 0.1) is 0 Å². The summed E-state index contributed by atoms with van der Waals surface area (Å²) in [5, 5.41) is 4.11. The van der Waals surface area contributed by atoms with E-state index in [0.29, 0.717) is 0 Å². The molecule has 0 radical (unpaired) electrons. The van der Waals surface area contributed by atoms with E-state index in [-0.39, 0.29) is 0 Å². The van der Waals surface area contributed by atoms with Crippen molar-refractivity contribution in [1.82, 2.24) is 4.90 Å². The van der Waals surface area contributed by atoms with Crippen LogP contribution in [0.2, 0.25) is 5.02 Å². The van der Waals surface area contributed by atoms with E-state index in [1.54, 1.807) is 7.11 Å². The molecule has 2 rings (SSSR count). The zero-order valence-corrected chi connectivity index (χ0v) is 11.0. The molecule has 0 atom stereocenters. The lowest BCUT2D eigenvalue weighted by atomic mass is 10.3. The number of rotatable bonds is 5. The Morgan fingerprint density at radius 3 is 2.82 bits per heavy atom. The summed E-state index contributed by atoms with van der Waals surface area (Å²) in [5.74, 6) is 0.843. The SMILES string of the molecule is COc1ccc(Cl)cc1NCCN1CCCC1. The third-order valence-corrected chi connectivity index (χ3v) is 3.34. The van der Waals surface area contributed by atoms with E-state index in [9.17, 15) is 0 Å². The van der Waals surface area contributed by atoms with Crippen LogP contribution in [0.15, 0.2) is 18.2 Å². The number of hydrogen-bond acceptors (Lipinski definition) is 3. The van der Waals surface area contributed by atoms with Gasteiger partial charge in [0.25, 0.3) is 0 Å². The molecule has 1 aliphatic heterocycles. The molecule has 1 fully saturated rings. The van der Waals surface area contributed by atoms with Crippen molar-refractivity contribution in [3.8, 4) is 5.75 Å². The molecule has 1 aromatic carbocycles. The molecule has 17 heavy (non-hydrogen) atoms. The van der Waals surface area contributed by atoms with Crippen molar-refractivity contribution in [1.29, 1.82) is 0 Å². The van der Waals surface area contributed by atoms with Gasteiger partial charge in [-0.15, -0.1) is 0 Å². The number of halogens is 1. The van der Waals surface area contributed by atoms with Crippen molar-refractivity contribution in [2.24, 2.45) is 0 Å². The second kappa shape index (κ2) is 6.12. The zero-order chi connectivity index (χ0) is 12.1. The summed E-state index contributed by atoms with van der Waals surface area (Å²) in [5.41, 5.74) is 0.971. The van der Waals surface area contributed by atoms with Gasteiger partial charge in [0.2, 0.25) is 0 Å². The molecule has 0 spiro atoms. The lowest BCUT2D eigenvalue weighted by Crippen LogP contribution is -2.26. The Morgan fingerprint density at radius 2 is 2.12 bits per heavy atom. The van der Waals surface area contributed by atoms with Crippen molar-refractivity contribution >= 4 is 17.3 Å². The predicted molar refractivity (Wildman–Crippen MR) is 72.2 cm³/mol. The first kappa shape index (κ1) is 12.5. The van der Waals surface area contributed by atoms with Crippen LogP contribution >= 0.6 is 11.6 Å². The zero-order valence-electron chi connectivity index (χ0n) is 10.2. The molecular weight excluding hydrogens is 236 g/mol. The van der Waals surface area contributed by atoms with Gasteiger partial charge in [0, 0.05) is 18.1 Å². The Bertz CT molecular complexity index is 364. The van der Waals surface area contributed by atoms with E-state index in [1.165, 1.54) is 25.9 Å². The van der Waals surface area contributed by atoms with Gasteiger partial charge in [0.05, 0.1) is 12.8 Å². The van der Waals surface area contributed by atoms with Crippen molar-refractivity contribution in [2.45, 2.75) is 12.8 Å². The van der Waals surface area contributed by atoms with Crippen LogP contribution < -0.4 is 10.1 Å². The molecule has 0 bridgehead atoms. The molecule has 1 saturated heterocycles. The van der Waals surface area contributed by atoms with Crippen molar-refractivity contribution in [2.75, 3.05) is 38.6 Å². The van der Waals surface area contributed by atoms with Gasteiger partial charge >= 0.3 is 0 Å². The smallest absolute Gasteiger partial charge is 0.142 e. The van der Waals surface area contributed by atoms with Crippen LogP contribution in [0.3, 0.4) is 0 Å². The Labute approximate surface area is 108 Å². The minimum Gasteiger partial charge on any atom is -0.495 e. The van der Waals surface area contributed by atoms with Crippen LogP contribution in [-0.4, -0.2) is 38.2 Å². The molecule has 0 saturated carbocycles. The Morgan fingerprint density at radius 1 is 1.35 bits per heavy atom. The summed E-state index contributed by atoms with van der Waals surface area (Å²) in [6.45, 7) is 4.47. The van der Waals surface area contributed by atoms with Gasteiger partial charge in [-0.2, -0.15) is 0 Å². The van der Waals surface area contributed by atoms with E-state index in [0.717, 1.165) is 29.5 Å². The van der Waals surface area contributed by atoms with Crippen LogP contribution in [-0.2, 0) is 0 Å². The Kier molecular flexibility index (Phi) is 4.51. The second-order valence-electron chi connectivity index (χ2n) is 4.32. The average Bonchev–Trinajstić information content (AvgIpc) is 2.82. The highest BCUT2D eigenvalue weighted by Crippen LogP contribution is 2.27. The third-order valence-electron chi connectivity index (χ3n) is 3.10. The van der Waals surface area contributed by atoms with Crippen LogP contribution in [0.4, 0.5) is 5.69 Å². The largest absolute Gasteiger partial charge is 0.495 e. The van der Waals surface area contributed by atoms with Gasteiger partial charge in [-0.25, -0.2) is 0 Å². The Balaban J connectivity index is 1.86. The van der Waals surface area contributed by atoms with E-state index in [4.69, 9.17) is 16.3 Å². The first-order valence-electron chi connectivity index (χ1n) is 6.09. The van der Waals surface area contributed by atoms with Crippen molar-refractivity contribution in [3.63, 3.8) is 0 Å². The summed E-state index contributed by atoms with van der Waals surface area (Å²) < 4.78 is 5.29. The third kappa shape index (κ3) is 3.51. The van der Waals surface area contributed by atoms with Crippen LogP contribution in [0.25, 0.3) is 0 Å². The molecule has 0 aromatic heterocycles. The summed E-state index contributed by atoms with van der Waals surface area (Å²) in [4.78, 5) is 2.48. The maximum atomic E-state index is 5.97. The van der Waals surface area contributed by atoms with Gasteiger partial charge in [-0.3, -0.25) is 0 Å². The minimum atomic E-state index is 0.731. The molecule has 0 amide bonds. The monoisotopic (exact) mass is 254 g/mol. The van der Waals surface area contributed by atoms with Crippen molar-refractivity contribution in [3.05, 3.63) is 23.2 Å². The topological polar surface area (TPSA) is 24.5 Å². The number of hydrogen-bond donors (Lipinski definition) is 1. The standard InChI is InChI=1S/C13H19ClN2O/c1-17-13-5-4-11(14)10-12(13)15-6-9-16-7-2-3-8-16/h4-5,10,15H,2-3,6-9H2,1H3. The van der Waals surface area contributed by atoms with E-state index in [1.807, 2.05) is 18.2 Å². The fourth-order valence-corrected chi connectivity index (χ4v) is 2.35. The molecular formula is C13H19ClN2O. The molecule has 0 aliphatic carbocycles. The molecule has 0 unspecified atom stereocenters. The lowest BCUT2D eigenvalue weighted by molar-refractivity contribution is 0.352. The fourth-order valence-electron chi connectivity index (χ4n) is 2.17. The minimum absolute atomic E-state index is 0.731. The summed E-state index contributed by atoms with van der Waals surface area (Å²) in [7, 11) is 1.68. The van der Waals surface area contributed by atoms with Crippen LogP contribution in [0.1, 0.15) is 12.8 Å². The van der Waals surface area contributed by atoms with Gasteiger partial charge in [0.1, 0.15) is 5.75 Å². The number of benzene rings is 1.